The van der Waals surface area contributed by atoms with Gasteiger partial charge in [0.15, 0.2) is 9.84 Å². The van der Waals surface area contributed by atoms with Gasteiger partial charge in [-0.2, -0.15) is 5.10 Å². The summed E-state index contributed by atoms with van der Waals surface area (Å²) in [5.41, 5.74) is 0.781. The van der Waals surface area contributed by atoms with Crippen molar-refractivity contribution in [2.24, 2.45) is 0 Å². The van der Waals surface area contributed by atoms with E-state index in [1.54, 1.807) is 12.3 Å². The van der Waals surface area contributed by atoms with Crippen LogP contribution in [0.4, 0.5) is 4.39 Å². The van der Waals surface area contributed by atoms with Gasteiger partial charge in [-0.15, -0.1) is 0 Å². The van der Waals surface area contributed by atoms with Crippen molar-refractivity contribution in [2.75, 3.05) is 7.05 Å². The van der Waals surface area contributed by atoms with Gasteiger partial charge in [0, 0.05) is 13.2 Å². The highest BCUT2D eigenvalue weighted by molar-refractivity contribution is 7.92. The van der Waals surface area contributed by atoms with E-state index in [1.807, 2.05) is 0 Å². The third-order valence-electron chi connectivity index (χ3n) is 3.22. The maximum Gasteiger partial charge on any atom is 0.237 e. The molecule has 0 bridgehead atoms. The number of amides is 1. The number of aromatic nitrogens is 2. The average molecular weight is 325 g/mol. The molecule has 6 nitrogen and oxygen atoms in total. The Bertz CT molecular complexity index is 786. The van der Waals surface area contributed by atoms with Gasteiger partial charge in [0.05, 0.1) is 17.1 Å². The lowest BCUT2D eigenvalue weighted by Gasteiger charge is -2.10. The smallest absolute Gasteiger partial charge is 0.237 e. The highest BCUT2D eigenvalue weighted by Gasteiger charge is 2.28. The highest BCUT2D eigenvalue weighted by atomic mass is 32.2. The van der Waals surface area contributed by atoms with Crippen LogP contribution in [0.5, 0.6) is 0 Å². The van der Waals surface area contributed by atoms with E-state index in [0.717, 1.165) is 0 Å². The molecule has 0 fully saturated rings. The summed E-state index contributed by atoms with van der Waals surface area (Å²) in [6.45, 7) is 1.33. The van der Waals surface area contributed by atoms with Gasteiger partial charge >= 0.3 is 0 Å². The van der Waals surface area contributed by atoms with Gasteiger partial charge in [0.25, 0.3) is 0 Å². The van der Waals surface area contributed by atoms with Crippen molar-refractivity contribution in [3.05, 3.63) is 48.0 Å². The van der Waals surface area contributed by atoms with E-state index in [9.17, 15) is 17.6 Å². The maximum atomic E-state index is 13.2. The van der Waals surface area contributed by atoms with E-state index >= 15 is 0 Å². The molecule has 118 valence electrons. The fourth-order valence-electron chi connectivity index (χ4n) is 1.90. The summed E-state index contributed by atoms with van der Waals surface area (Å²) in [5, 5.41) is 5.27. The van der Waals surface area contributed by atoms with Crippen LogP contribution in [0.3, 0.4) is 0 Å². The molecular formula is C14H16FN3O3S. The van der Waals surface area contributed by atoms with E-state index in [2.05, 4.69) is 10.4 Å². The first kappa shape index (κ1) is 16.2. The van der Waals surface area contributed by atoms with Gasteiger partial charge in [-0.25, -0.2) is 17.5 Å². The summed E-state index contributed by atoms with van der Waals surface area (Å²) in [6, 6.07) is 7.32. The molecule has 1 aromatic carbocycles. The van der Waals surface area contributed by atoms with E-state index in [0.29, 0.717) is 11.4 Å². The zero-order valence-corrected chi connectivity index (χ0v) is 13.0. The number of carbonyl (C=O) groups excluding carboxylic acids is 1. The Morgan fingerprint density at radius 2 is 2.14 bits per heavy atom. The molecule has 1 N–H and O–H groups in total. The summed E-state index contributed by atoms with van der Waals surface area (Å²) in [7, 11) is -2.28. The van der Waals surface area contributed by atoms with Gasteiger partial charge in [0.2, 0.25) is 5.91 Å². The van der Waals surface area contributed by atoms with Crippen molar-refractivity contribution in [3.63, 3.8) is 0 Å². The Labute approximate surface area is 127 Å². The molecule has 1 atom stereocenters. The first-order chi connectivity index (χ1) is 10.3. The molecule has 1 amide bonds. The predicted molar refractivity (Wildman–Crippen MR) is 79.7 cm³/mol. The second kappa shape index (κ2) is 6.27. The number of hydrogen-bond acceptors (Lipinski definition) is 4. The number of rotatable bonds is 5. The second-order valence-corrected chi connectivity index (χ2v) is 7.12. The Morgan fingerprint density at radius 1 is 1.41 bits per heavy atom. The molecule has 8 heteroatoms. The molecule has 2 rings (SSSR count). The monoisotopic (exact) mass is 325 g/mol. The fraction of sp³-hybridized carbons (Fsp3) is 0.286. The Balaban J connectivity index is 2.21. The summed E-state index contributed by atoms with van der Waals surface area (Å²) < 4.78 is 38.8. The third kappa shape index (κ3) is 3.51. The Hall–Kier alpha value is -2.22. The summed E-state index contributed by atoms with van der Waals surface area (Å²) >= 11 is 0. The Kier molecular flexibility index (Phi) is 4.60. The zero-order chi connectivity index (χ0) is 16.3. The molecule has 0 unspecified atom stereocenters. The van der Waals surface area contributed by atoms with Crippen LogP contribution in [-0.2, 0) is 20.4 Å². The van der Waals surface area contributed by atoms with Gasteiger partial charge < -0.3 is 5.32 Å². The van der Waals surface area contributed by atoms with Gasteiger partial charge in [-0.3, -0.25) is 4.79 Å². The second-order valence-electron chi connectivity index (χ2n) is 4.80. The minimum absolute atomic E-state index is 0.292. The number of nitrogens with one attached hydrogen (secondary N) is 1. The summed E-state index contributed by atoms with van der Waals surface area (Å²) in [5.74, 6) is -1.33. The number of benzene rings is 1. The van der Waals surface area contributed by atoms with E-state index in [1.165, 1.54) is 42.9 Å². The largest absolute Gasteiger partial charge is 0.358 e. The number of halogens is 1. The number of carbonyl (C=O) groups is 1. The van der Waals surface area contributed by atoms with Crippen molar-refractivity contribution < 1.29 is 17.6 Å². The summed E-state index contributed by atoms with van der Waals surface area (Å²) in [4.78, 5) is 11.5. The lowest BCUT2D eigenvalue weighted by molar-refractivity contribution is -0.119. The van der Waals surface area contributed by atoms with Crippen LogP contribution < -0.4 is 5.32 Å². The van der Waals surface area contributed by atoms with Crippen molar-refractivity contribution in [1.82, 2.24) is 15.1 Å². The van der Waals surface area contributed by atoms with Crippen LogP contribution in [0, 0.1) is 5.82 Å². The molecule has 0 aliphatic carbocycles. The zero-order valence-electron chi connectivity index (χ0n) is 12.2. The number of nitrogens with zero attached hydrogens (tertiary/aromatic N) is 2. The van der Waals surface area contributed by atoms with E-state index in [-0.39, 0.29) is 5.75 Å². The molecule has 0 spiro atoms. The van der Waals surface area contributed by atoms with Crippen LogP contribution in [0.2, 0.25) is 0 Å². The average Bonchev–Trinajstić information content (AvgIpc) is 2.93. The lowest BCUT2D eigenvalue weighted by atomic mass is 10.3. The first-order valence-corrected chi connectivity index (χ1v) is 8.28. The van der Waals surface area contributed by atoms with Crippen LogP contribution in [-0.4, -0.2) is 36.4 Å². The predicted octanol–water partition coefficient (Wildman–Crippen LogP) is 1.06. The molecule has 0 saturated heterocycles. The van der Waals surface area contributed by atoms with E-state index < -0.39 is 26.8 Å². The first-order valence-electron chi connectivity index (χ1n) is 6.57. The van der Waals surface area contributed by atoms with Gasteiger partial charge in [0.1, 0.15) is 11.1 Å². The molecular weight excluding hydrogens is 309 g/mol. The molecule has 1 aromatic heterocycles. The van der Waals surface area contributed by atoms with Crippen LogP contribution in [0.25, 0.3) is 5.69 Å². The molecule has 1 heterocycles. The van der Waals surface area contributed by atoms with Gasteiger partial charge in [-0.1, -0.05) is 6.07 Å². The molecule has 2 aromatic rings. The molecule has 0 radical (unpaired) electrons. The SMILES string of the molecule is CNC(=O)[C@H](C)S(=O)(=O)Cc1ccn(-c2cccc(F)c2)n1. The third-order valence-corrected chi connectivity index (χ3v) is 5.21. The maximum absolute atomic E-state index is 13.2. The standard InChI is InChI=1S/C14H16FN3O3S/c1-10(14(19)16-2)22(20,21)9-12-6-7-18(17-12)13-5-3-4-11(15)8-13/h3-8,10H,9H2,1-2H3,(H,16,19)/t10-/m0/s1. The van der Waals surface area contributed by atoms with Gasteiger partial charge in [-0.05, 0) is 31.2 Å². The fourth-order valence-corrected chi connectivity index (χ4v) is 3.16. The quantitative estimate of drug-likeness (QED) is 0.891. The topological polar surface area (TPSA) is 81.1 Å². The molecule has 0 aliphatic rings. The van der Waals surface area contributed by atoms with Crippen LogP contribution >= 0.6 is 0 Å². The molecule has 22 heavy (non-hydrogen) atoms. The van der Waals surface area contributed by atoms with Crippen molar-refractivity contribution in [1.29, 1.82) is 0 Å². The minimum Gasteiger partial charge on any atom is -0.358 e. The van der Waals surface area contributed by atoms with Crippen molar-refractivity contribution in [2.45, 2.75) is 17.9 Å². The summed E-state index contributed by atoms with van der Waals surface area (Å²) in [6.07, 6.45) is 1.55. The van der Waals surface area contributed by atoms with Crippen molar-refractivity contribution >= 4 is 15.7 Å². The number of sulfone groups is 1. The Morgan fingerprint density at radius 3 is 2.77 bits per heavy atom. The normalized spacial score (nSPS) is 12.9. The van der Waals surface area contributed by atoms with Crippen LogP contribution in [0.1, 0.15) is 12.6 Å². The molecule has 0 saturated carbocycles. The number of hydrogen-bond donors (Lipinski definition) is 1. The van der Waals surface area contributed by atoms with E-state index in [4.69, 9.17) is 0 Å². The van der Waals surface area contributed by atoms with Crippen molar-refractivity contribution in [3.8, 4) is 5.69 Å². The highest BCUT2D eigenvalue weighted by Crippen LogP contribution is 2.13. The van der Waals surface area contributed by atoms with Crippen LogP contribution in [0.15, 0.2) is 36.5 Å². The molecule has 0 aliphatic heterocycles. The minimum atomic E-state index is -3.66. The lowest BCUT2D eigenvalue weighted by Crippen LogP contribution is -2.36.